The van der Waals surface area contributed by atoms with Gasteiger partial charge in [0.15, 0.2) is 5.60 Å². The predicted octanol–water partition coefficient (Wildman–Crippen LogP) is 10.8. The minimum Gasteiger partial charge on any atom is -0.472 e. The molecular formula is C39H33Cl2NO. The van der Waals surface area contributed by atoms with Crippen LogP contribution in [0.15, 0.2) is 97.1 Å². The maximum Gasteiger partial charge on any atom is 0.178 e. The van der Waals surface area contributed by atoms with Gasteiger partial charge in [0, 0.05) is 56.3 Å². The van der Waals surface area contributed by atoms with E-state index in [1.807, 2.05) is 12.1 Å². The molecule has 3 aliphatic rings. The predicted molar refractivity (Wildman–Crippen MR) is 181 cm³/mol. The highest BCUT2D eigenvalue weighted by molar-refractivity contribution is 6.32. The van der Waals surface area contributed by atoms with Gasteiger partial charge in [-0.2, -0.15) is 0 Å². The molecule has 5 aromatic carbocycles. The number of halogens is 2. The zero-order valence-electron chi connectivity index (χ0n) is 24.5. The highest BCUT2D eigenvalue weighted by Gasteiger charge is 2.44. The second kappa shape index (κ2) is 9.91. The average Bonchev–Trinajstić information content (AvgIpc) is 3.28. The third-order valence-corrected chi connectivity index (χ3v) is 10.2. The summed E-state index contributed by atoms with van der Waals surface area (Å²) in [6.45, 7) is 6.83. The van der Waals surface area contributed by atoms with Gasteiger partial charge in [0.25, 0.3) is 0 Å². The minimum atomic E-state index is -0.795. The molecule has 1 atom stereocenters. The number of hydrogen-bond acceptors (Lipinski definition) is 2. The van der Waals surface area contributed by atoms with E-state index in [0.29, 0.717) is 5.02 Å². The molecular weight excluding hydrogens is 569 g/mol. The first kappa shape index (κ1) is 26.9. The molecule has 0 bridgehead atoms. The van der Waals surface area contributed by atoms with E-state index in [1.54, 1.807) is 0 Å². The lowest BCUT2D eigenvalue weighted by Crippen LogP contribution is -2.35. The van der Waals surface area contributed by atoms with Gasteiger partial charge in [-0.3, -0.25) is 0 Å². The SMILES string of the molecule is CC1(C)c2cc(Cl)ccc2-c2c1c1c(c3cc(Cl)ccc23)OC(c2ccccc2)(c2ccc(N3CCCCC3)cc2)C=C1. The van der Waals surface area contributed by atoms with Crippen molar-refractivity contribution < 1.29 is 4.74 Å². The third kappa shape index (κ3) is 4.07. The molecule has 1 unspecified atom stereocenters. The third-order valence-electron chi connectivity index (χ3n) is 9.78. The lowest BCUT2D eigenvalue weighted by Gasteiger charge is -2.38. The van der Waals surface area contributed by atoms with Gasteiger partial charge in [0.05, 0.1) is 0 Å². The Labute approximate surface area is 263 Å². The molecule has 5 aromatic rings. The Kier molecular flexibility index (Phi) is 6.19. The molecule has 1 aliphatic carbocycles. The summed E-state index contributed by atoms with van der Waals surface area (Å²) in [6.07, 6.45) is 8.37. The van der Waals surface area contributed by atoms with Crippen LogP contribution >= 0.6 is 23.2 Å². The van der Waals surface area contributed by atoms with Crippen molar-refractivity contribution in [3.8, 4) is 16.9 Å². The van der Waals surface area contributed by atoms with Crippen molar-refractivity contribution in [2.45, 2.75) is 44.1 Å². The van der Waals surface area contributed by atoms with E-state index in [-0.39, 0.29) is 5.41 Å². The van der Waals surface area contributed by atoms with Crippen LogP contribution in [-0.2, 0) is 11.0 Å². The summed E-state index contributed by atoms with van der Waals surface area (Å²) in [4.78, 5) is 2.50. The maximum atomic E-state index is 7.40. The smallest absolute Gasteiger partial charge is 0.178 e. The Hall–Kier alpha value is -3.72. The Balaban J connectivity index is 1.36. The van der Waals surface area contributed by atoms with E-state index < -0.39 is 5.60 Å². The summed E-state index contributed by atoms with van der Waals surface area (Å²) >= 11 is 13.2. The Bertz CT molecular complexity index is 1920. The molecule has 0 radical (unpaired) electrons. The molecule has 0 N–H and O–H groups in total. The highest BCUT2D eigenvalue weighted by atomic mass is 35.5. The number of ether oxygens (including phenoxy) is 1. The van der Waals surface area contributed by atoms with Crippen LogP contribution in [0.2, 0.25) is 10.0 Å². The summed E-state index contributed by atoms with van der Waals surface area (Å²) in [5.41, 5.74) is 8.50. The molecule has 1 saturated heterocycles. The monoisotopic (exact) mass is 601 g/mol. The fourth-order valence-corrected chi connectivity index (χ4v) is 8.01. The molecule has 2 heterocycles. The molecule has 0 amide bonds. The molecule has 43 heavy (non-hydrogen) atoms. The highest BCUT2D eigenvalue weighted by Crippen LogP contribution is 2.58. The van der Waals surface area contributed by atoms with E-state index in [0.717, 1.165) is 51.3 Å². The van der Waals surface area contributed by atoms with Crippen molar-refractivity contribution in [3.63, 3.8) is 0 Å². The maximum absolute atomic E-state index is 7.40. The molecule has 2 aliphatic heterocycles. The first-order valence-electron chi connectivity index (χ1n) is 15.3. The molecule has 8 rings (SSSR count). The van der Waals surface area contributed by atoms with Crippen molar-refractivity contribution in [1.82, 2.24) is 0 Å². The first-order chi connectivity index (χ1) is 20.9. The quantitative estimate of drug-likeness (QED) is 0.204. The van der Waals surface area contributed by atoms with Crippen LogP contribution in [0.25, 0.3) is 28.0 Å². The molecule has 214 valence electrons. The Morgan fingerprint density at radius 3 is 2.19 bits per heavy atom. The first-order valence-corrected chi connectivity index (χ1v) is 16.0. The minimum absolute atomic E-state index is 0.260. The van der Waals surface area contributed by atoms with Crippen LogP contribution in [-0.4, -0.2) is 13.1 Å². The van der Waals surface area contributed by atoms with E-state index in [1.165, 1.54) is 47.2 Å². The van der Waals surface area contributed by atoms with Crippen molar-refractivity contribution in [3.05, 3.63) is 135 Å². The second-order valence-electron chi connectivity index (χ2n) is 12.6. The van der Waals surface area contributed by atoms with E-state index >= 15 is 0 Å². The van der Waals surface area contributed by atoms with Gasteiger partial charge in [0.2, 0.25) is 0 Å². The van der Waals surface area contributed by atoms with Gasteiger partial charge in [-0.05, 0) is 89.4 Å². The van der Waals surface area contributed by atoms with Gasteiger partial charge in [-0.25, -0.2) is 0 Å². The van der Waals surface area contributed by atoms with E-state index in [9.17, 15) is 0 Å². The average molecular weight is 603 g/mol. The topological polar surface area (TPSA) is 12.5 Å². The molecule has 2 nitrogen and oxygen atoms in total. The zero-order valence-corrected chi connectivity index (χ0v) is 26.0. The number of fused-ring (bicyclic) bond motifs is 8. The van der Waals surface area contributed by atoms with Crippen LogP contribution in [0.3, 0.4) is 0 Å². The Morgan fingerprint density at radius 2 is 1.42 bits per heavy atom. The van der Waals surface area contributed by atoms with Crippen molar-refractivity contribution in [2.75, 3.05) is 18.0 Å². The summed E-state index contributed by atoms with van der Waals surface area (Å²) < 4.78 is 7.40. The van der Waals surface area contributed by atoms with Crippen LogP contribution in [0.1, 0.15) is 60.9 Å². The molecule has 0 aromatic heterocycles. The van der Waals surface area contributed by atoms with Gasteiger partial charge in [-0.1, -0.05) is 97.7 Å². The number of hydrogen-bond donors (Lipinski definition) is 0. The molecule has 0 spiro atoms. The van der Waals surface area contributed by atoms with Crippen molar-refractivity contribution >= 4 is 45.7 Å². The van der Waals surface area contributed by atoms with Gasteiger partial charge < -0.3 is 9.64 Å². The fraction of sp³-hybridized carbons (Fsp3) is 0.231. The standard InChI is InChI=1S/C39H33Cl2NO/c1-38(2)34-24-28(41)14-18-31(34)35-30-17-13-27(40)23-33(30)37-32(36(35)38)19-20-39(43-37,25-9-5-3-6-10-25)26-11-15-29(16-12-26)42-21-7-4-8-22-42/h3,5-6,9-20,23-24H,4,7-8,21-22H2,1-2H3. The van der Waals surface area contributed by atoms with E-state index in [4.69, 9.17) is 27.9 Å². The molecule has 4 heteroatoms. The summed E-state index contributed by atoms with van der Waals surface area (Å²) in [7, 11) is 0. The summed E-state index contributed by atoms with van der Waals surface area (Å²) in [5.74, 6) is 0.870. The number of piperidine rings is 1. The number of anilines is 1. The van der Waals surface area contributed by atoms with Gasteiger partial charge in [-0.15, -0.1) is 0 Å². The molecule has 1 fully saturated rings. The van der Waals surface area contributed by atoms with Crippen LogP contribution in [0, 0.1) is 0 Å². The summed E-state index contributed by atoms with van der Waals surface area (Å²) in [5, 5.41) is 3.61. The van der Waals surface area contributed by atoms with Crippen LogP contribution < -0.4 is 9.64 Å². The second-order valence-corrected chi connectivity index (χ2v) is 13.5. The number of rotatable bonds is 3. The normalized spacial score (nSPS) is 20.0. The van der Waals surface area contributed by atoms with Crippen molar-refractivity contribution in [2.24, 2.45) is 0 Å². The zero-order chi connectivity index (χ0) is 29.3. The van der Waals surface area contributed by atoms with Crippen molar-refractivity contribution in [1.29, 1.82) is 0 Å². The molecule has 0 saturated carbocycles. The van der Waals surface area contributed by atoms with Crippen LogP contribution in [0.4, 0.5) is 5.69 Å². The number of nitrogens with zero attached hydrogens (tertiary/aromatic N) is 1. The number of benzene rings is 5. The van der Waals surface area contributed by atoms with Gasteiger partial charge >= 0.3 is 0 Å². The summed E-state index contributed by atoms with van der Waals surface area (Å²) in [6, 6.07) is 32.1. The fourth-order valence-electron chi connectivity index (χ4n) is 7.66. The van der Waals surface area contributed by atoms with Crippen LogP contribution in [0.5, 0.6) is 5.75 Å². The Morgan fingerprint density at radius 1 is 0.721 bits per heavy atom. The van der Waals surface area contributed by atoms with E-state index in [2.05, 4.69) is 110 Å². The van der Waals surface area contributed by atoms with Gasteiger partial charge in [0.1, 0.15) is 5.75 Å². The lowest BCUT2D eigenvalue weighted by atomic mass is 9.77. The largest absolute Gasteiger partial charge is 0.472 e. The lowest BCUT2D eigenvalue weighted by molar-refractivity contribution is 0.163.